The number of benzene rings is 2. The Kier molecular flexibility index (Phi) is 5.23. The Morgan fingerprint density at radius 1 is 1.07 bits per heavy atom. The zero-order valence-electron chi connectivity index (χ0n) is 16.2. The molecular weight excluding hydrogens is 339 g/mol. The van der Waals surface area contributed by atoms with Crippen LogP contribution in [0.5, 0.6) is 0 Å². The number of nitrogens with zero attached hydrogens (tertiary/aromatic N) is 4. The molecule has 1 saturated heterocycles. The first kappa shape index (κ1) is 18.1. The van der Waals surface area contributed by atoms with Gasteiger partial charge in [-0.25, -0.2) is 14.4 Å². The van der Waals surface area contributed by atoms with Crippen molar-refractivity contribution >= 4 is 11.5 Å². The Morgan fingerprint density at radius 2 is 1.81 bits per heavy atom. The molecule has 2 aliphatic heterocycles. The van der Waals surface area contributed by atoms with Crippen LogP contribution in [0.2, 0.25) is 0 Å². The standard InChI is InChI=1S/C22H27FN4/c1-17-5-7-18(8-6-17)22-24-21-10-9-20(23)15-19(21)16-27(22)25(2)13-14-26-11-3-4-12-26/h5-10,15H,3-4,11-14,16H2,1-2H3. The van der Waals surface area contributed by atoms with Gasteiger partial charge >= 0.3 is 0 Å². The SMILES string of the molecule is Cc1ccc(C2=Nc3ccc(F)cc3CN2N(C)CCN2CCCC2)cc1. The molecule has 0 saturated carbocycles. The van der Waals surface area contributed by atoms with E-state index in [4.69, 9.17) is 4.99 Å². The molecule has 2 aliphatic rings. The number of fused-ring (bicyclic) bond motifs is 1. The molecular formula is C22H27FN4. The van der Waals surface area contributed by atoms with Gasteiger partial charge < -0.3 is 4.90 Å². The van der Waals surface area contributed by atoms with Gasteiger partial charge in [0.2, 0.25) is 0 Å². The van der Waals surface area contributed by atoms with E-state index in [0.29, 0.717) is 6.54 Å². The van der Waals surface area contributed by atoms with E-state index >= 15 is 0 Å². The van der Waals surface area contributed by atoms with Crippen LogP contribution < -0.4 is 0 Å². The minimum Gasteiger partial charge on any atom is -0.302 e. The third-order valence-electron chi connectivity index (χ3n) is 5.49. The number of rotatable bonds is 5. The van der Waals surface area contributed by atoms with E-state index < -0.39 is 0 Å². The maximum absolute atomic E-state index is 13.8. The maximum Gasteiger partial charge on any atom is 0.151 e. The van der Waals surface area contributed by atoms with Crippen molar-refractivity contribution in [3.8, 4) is 0 Å². The van der Waals surface area contributed by atoms with E-state index in [1.807, 2.05) is 0 Å². The highest BCUT2D eigenvalue weighted by atomic mass is 19.1. The normalized spacial score (nSPS) is 17.3. The monoisotopic (exact) mass is 366 g/mol. The maximum atomic E-state index is 13.8. The summed E-state index contributed by atoms with van der Waals surface area (Å²) >= 11 is 0. The number of hydrogen-bond acceptors (Lipinski definition) is 4. The van der Waals surface area contributed by atoms with Gasteiger partial charge in [0.25, 0.3) is 0 Å². The molecule has 2 aromatic carbocycles. The summed E-state index contributed by atoms with van der Waals surface area (Å²) < 4.78 is 13.8. The largest absolute Gasteiger partial charge is 0.302 e. The Balaban J connectivity index is 1.61. The van der Waals surface area contributed by atoms with Gasteiger partial charge in [-0.15, -0.1) is 0 Å². The first-order chi connectivity index (χ1) is 13.1. The molecule has 0 unspecified atom stereocenters. The highest BCUT2D eigenvalue weighted by molar-refractivity contribution is 6.01. The molecule has 0 N–H and O–H groups in total. The van der Waals surface area contributed by atoms with Crippen LogP contribution in [0.3, 0.4) is 0 Å². The van der Waals surface area contributed by atoms with Crippen molar-refractivity contribution in [3.05, 3.63) is 65.0 Å². The van der Waals surface area contributed by atoms with Crippen LogP contribution >= 0.6 is 0 Å². The van der Waals surface area contributed by atoms with Gasteiger partial charge in [0.05, 0.1) is 12.2 Å². The summed E-state index contributed by atoms with van der Waals surface area (Å²) in [6.07, 6.45) is 2.60. The fourth-order valence-electron chi connectivity index (χ4n) is 3.81. The average Bonchev–Trinajstić information content (AvgIpc) is 3.19. The molecule has 0 spiro atoms. The summed E-state index contributed by atoms with van der Waals surface area (Å²) in [5.41, 5.74) is 4.10. The van der Waals surface area contributed by atoms with Crippen molar-refractivity contribution in [2.75, 3.05) is 33.2 Å². The summed E-state index contributed by atoms with van der Waals surface area (Å²) in [7, 11) is 2.10. The molecule has 27 heavy (non-hydrogen) atoms. The first-order valence-electron chi connectivity index (χ1n) is 9.75. The molecule has 0 aromatic heterocycles. The minimum absolute atomic E-state index is 0.206. The topological polar surface area (TPSA) is 22.1 Å². The molecule has 5 heteroatoms. The molecule has 1 fully saturated rings. The zero-order chi connectivity index (χ0) is 18.8. The smallest absolute Gasteiger partial charge is 0.151 e. The second kappa shape index (κ2) is 7.79. The predicted molar refractivity (Wildman–Crippen MR) is 108 cm³/mol. The van der Waals surface area contributed by atoms with Crippen molar-refractivity contribution in [1.29, 1.82) is 0 Å². The number of likely N-dealkylation sites (tertiary alicyclic amines) is 1. The number of aliphatic imine (C=N–C) groups is 1. The summed E-state index contributed by atoms with van der Waals surface area (Å²) in [6.45, 7) is 7.09. The Bertz CT molecular complexity index is 825. The van der Waals surface area contributed by atoms with Crippen molar-refractivity contribution in [2.45, 2.75) is 26.3 Å². The van der Waals surface area contributed by atoms with Crippen LogP contribution in [0.15, 0.2) is 47.5 Å². The van der Waals surface area contributed by atoms with Crippen molar-refractivity contribution in [2.24, 2.45) is 4.99 Å². The van der Waals surface area contributed by atoms with E-state index in [1.165, 1.54) is 37.6 Å². The summed E-state index contributed by atoms with van der Waals surface area (Å²) in [6, 6.07) is 13.3. The molecule has 0 radical (unpaired) electrons. The van der Waals surface area contributed by atoms with Crippen molar-refractivity contribution in [1.82, 2.24) is 14.9 Å². The van der Waals surface area contributed by atoms with Gasteiger partial charge in [0.15, 0.2) is 5.84 Å². The van der Waals surface area contributed by atoms with Crippen LogP contribution in [0.25, 0.3) is 0 Å². The number of amidine groups is 1. The Morgan fingerprint density at radius 3 is 2.56 bits per heavy atom. The number of likely N-dealkylation sites (N-methyl/N-ethyl adjacent to an activating group) is 1. The highest BCUT2D eigenvalue weighted by Crippen LogP contribution is 2.29. The molecule has 0 atom stereocenters. The van der Waals surface area contributed by atoms with Gasteiger partial charge in [-0.1, -0.05) is 29.8 Å². The van der Waals surface area contributed by atoms with E-state index in [1.54, 1.807) is 12.1 Å². The molecule has 4 rings (SSSR count). The number of hydrazine groups is 1. The van der Waals surface area contributed by atoms with E-state index in [9.17, 15) is 4.39 Å². The lowest BCUT2D eigenvalue weighted by atomic mass is 10.1. The Labute approximate surface area is 160 Å². The second-order valence-corrected chi connectivity index (χ2v) is 7.56. The molecule has 0 aliphatic carbocycles. The van der Waals surface area contributed by atoms with Gasteiger partial charge in [0, 0.05) is 31.3 Å². The number of hydrogen-bond donors (Lipinski definition) is 0. The molecule has 2 aromatic rings. The molecule has 0 bridgehead atoms. The Hall–Kier alpha value is -2.24. The average molecular weight is 366 g/mol. The van der Waals surface area contributed by atoms with Crippen LogP contribution in [-0.2, 0) is 6.54 Å². The molecule has 0 amide bonds. The lowest BCUT2D eigenvalue weighted by molar-refractivity contribution is 0.0579. The van der Waals surface area contributed by atoms with Gasteiger partial charge in [-0.2, -0.15) is 0 Å². The van der Waals surface area contributed by atoms with E-state index in [2.05, 4.69) is 53.2 Å². The van der Waals surface area contributed by atoms with Gasteiger partial charge in [-0.05, 0) is 51.1 Å². The highest BCUT2D eigenvalue weighted by Gasteiger charge is 2.25. The summed E-state index contributed by atoms with van der Waals surface area (Å²) in [5, 5.41) is 4.41. The minimum atomic E-state index is -0.206. The summed E-state index contributed by atoms with van der Waals surface area (Å²) in [5.74, 6) is 0.723. The van der Waals surface area contributed by atoms with Gasteiger partial charge in [-0.3, -0.25) is 5.01 Å². The number of aryl methyl sites for hydroxylation is 1. The van der Waals surface area contributed by atoms with Crippen LogP contribution in [-0.4, -0.2) is 54.0 Å². The molecule has 2 heterocycles. The lowest BCUT2D eigenvalue weighted by Gasteiger charge is -2.38. The second-order valence-electron chi connectivity index (χ2n) is 7.56. The third-order valence-corrected chi connectivity index (χ3v) is 5.49. The van der Waals surface area contributed by atoms with Crippen LogP contribution in [0, 0.1) is 12.7 Å². The van der Waals surface area contributed by atoms with E-state index in [-0.39, 0.29) is 5.82 Å². The fraction of sp³-hybridized carbons (Fsp3) is 0.409. The van der Waals surface area contributed by atoms with Crippen LogP contribution in [0.1, 0.15) is 29.5 Å². The van der Waals surface area contributed by atoms with E-state index in [0.717, 1.165) is 35.7 Å². The zero-order valence-corrected chi connectivity index (χ0v) is 16.2. The molecule has 142 valence electrons. The number of halogens is 1. The third kappa shape index (κ3) is 4.04. The van der Waals surface area contributed by atoms with Crippen molar-refractivity contribution < 1.29 is 4.39 Å². The van der Waals surface area contributed by atoms with Crippen molar-refractivity contribution in [3.63, 3.8) is 0 Å². The first-order valence-corrected chi connectivity index (χ1v) is 9.75. The fourth-order valence-corrected chi connectivity index (χ4v) is 3.81. The van der Waals surface area contributed by atoms with Crippen LogP contribution in [0.4, 0.5) is 10.1 Å². The summed E-state index contributed by atoms with van der Waals surface area (Å²) in [4.78, 5) is 7.40. The predicted octanol–water partition coefficient (Wildman–Crippen LogP) is 3.97. The lowest BCUT2D eigenvalue weighted by Crippen LogP contribution is -2.47. The molecule has 4 nitrogen and oxygen atoms in total. The quantitative estimate of drug-likeness (QED) is 0.799. The van der Waals surface area contributed by atoms with Gasteiger partial charge in [0.1, 0.15) is 5.82 Å².